The van der Waals surface area contributed by atoms with Gasteiger partial charge in [-0.05, 0) is 19.3 Å². The molecule has 0 saturated heterocycles. The summed E-state index contributed by atoms with van der Waals surface area (Å²) in [6.07, 6.45) is 8.01. The van der Waals surface area contributed by atoms with Crippen LogP contribution in [-0.4, -0.2) is 23.0 Å². The fourth-order valence-corrected chi connectivity index (χ4v) is 1.35. The molecule has 0 aliphatic rings. The van der Waals surface area contributed by atoms with Gasteiger partial charge in [-0.3, -0.25) is 0 Å². The Morgan fingerprint density at radius 2 is 1.31 bits per heavy atom. The predicted octanol–water partition coefficient (Wildman–Crippen LogP) is 1.38. The second kappa shape index (κ2) is 9.96. The molecule has 3 heteroatoms. The van der Waals surface area contributed by atoms with E-state index in [2.05, 4.69) is 0 Å². The van der Waals surface area contributed by atoms with Crippen LogP contribution in [0, 0.1) is 0 Å². The Hall–Kier alpha value is -0.120. The van der Waals surface area contributed by atoms with Crippen molar-refractivity contribution in [2.45, 2.75) is 57.6 Å². The van der Waals surface area contributed by atoms with E-state index in [1.165, 1.54) is 19.3 Å². The predicted molar refractivity (Wildman–Crippen MR) is 54.2 cm³/mol. The zero-order chi connectivity index (χ0) is 9.94. The van der Waals surface area contributed by atoms with E-state index in [0.717, 1.165) is 32.1 Å². The first kappa shape index (κ1) is 12.9. The molecule has 0 aliphatic heterocycles. The molecule has 0 rings (SSSR count). The van der Waals surface area contributed by atoms with Gasteiger partial charge in [0.2, 0.25) is 0 Å². The van der Waals surface area contributed by atoms with Crippen molar-refractivity contribution in [3.63, 3.8) is 0 Å². The smallest absolute Gasteiger partial charge is 0.102 e. The van der Waals surface area contributed by atoms with Crippen molar-refractivity contribution in [1.29, 1.82) is 0 Å². The molecule has 0 heterocycles. The molecule has 1 atom stereocenters. The van der Waals surface area contributed by atoms with Crippen molar-refractivity contribution < 1.29 is 10.2 Å². The summed E-state index contributed by atoms with van der Waals surface area (Å²) in [7, 11) is 0. The normalized spacial score (nSPS) is 13.2. The van der Waals surface area contributed by atoms with Crippen molar-refractivity contribution in [3.05, 3.63) is 0 Å². The first-order valence-corrected chi connectivity index (χ1v) is 5.32. The lowest BCUT2D eigenvalue weighted by molar-refractivity contribution is 0.168. The molecule has 0 radical (unpaired) electrons. The number of unbranched alkanes of at least 4 members (excludes halogenated alkanes) is 6. The maximum Gasteiger partial charge on any atom is 0.102 e. The minimum atomic E-state index is -0.630. The summed E-state index contributed by atoms with van der Waals surface area (Å²) in [5.41, 5.74) is 5.20. The van der Waals surface area contributed by atoms with E-state index in [1.807, 2.05) is 0 Å². The molecule has 0 aromatic carbocycles. The van der Waals surface area contributed by atoms with Crippen molar-refractivity contribution in [1.82, 2.24) is 0 Å². The summed E-state index contributed by atoms with van der Waals surface area (Å²) in [6, 6.07) is 0. The average Bonchev–Trinajstić information content (AvgIpc) is 2.09. The zero-order valence-electron chi connectivity index (χ0n) is 8.41. The van der Waals surface area contributed by atoms with Gasteiger partial charge in [-0.25, -0.2) is 0 Å². The molecular weight excluding hydrogens is 166 g/mol. The van der Waals surface area contributed by atoms with Crippen LogP contribution in [0.25, 0.3) is 0 Å². The number of aliphatic hydroxyl groups is 2. The molecule has 0 spiro atoms. The highest BCUT2D eigenvalue weighted by Crippen LogP contribution is 2.08. The number of hydrogen-bond donors (Lipinski definition) is 3. The fraction of sp³-hybridized carbons (Fsp3) is 1.00. The number of aliphatic hydroxyl groups excluding tert-OH is 2. The van der Waals surface area contributed by atoms with Gasteiger partial charge in [-0.2, -0.15) is 0 Å². The van der Waals surface area contributed by atoms with Crippen molar-refractivity contribution in [2.75, 3.05) is 6.61 Å². The van der Waals surface area contributed by atoms with Gasteiger partial charge >= 0.3 is 0 Å². The van der Waals surface area contributed by atoms with Crippen LogP contribution in [0.3, 0.4) is 0 Å². The van der Waals surface area contributed by atoms with Crippen LogP contribution in [0.15, 0.2) is 0 Å². The Balaban J connectivity index is 2.84. The van der Waals surface area contributed by atoms with E-state index < -0.39 is 6.23 Å². The topological polar surface area (TPSA) is 66.5 Å². The van der Waals surface area contributed by atoms with Crippen LogP contribution in [0.2, 0.25) is 0 Å². The van der Waals surface area contributed by atoms with Crippen LogP contribution in [-0.2, 0) is 0 Å². The van der Waals surface area contributed by atoms with Crippen LogP contribution in [0.5, 0.6) is 0 Å². The third-order valence-electron chi connectivity index (χ3n) is 2.16. The Morgan fingerprint density at radius 3 is 1.77 bits per heavy atom. The van der Waals surface area contributed by atoms with Gasteiger partial charge in [-0.15, -0.1) is 0 Å². The Labute approximate surface area is 81.0 Å². The zero-order valence-corrected chi connectivity index (χ0v) is 8.41. The fourth-order valence-electron chi connectivity index (χ4n) is 1.35. The molecule has 1 unspecified atom stereocenters. The van der Waals surface area contributed by atoms with Crippen LogP contribution >= 0.6 is 0 Å². The molecule has 0 aliphatic carbocycles. The van der Waals surface area contributed by atoms with Gasteiger partial charge in [-0.1, -0.05) is 32.1 Å². The summed E-state index contributed by atoms with van der Waals surface area (Å²) in [4.78, 5) is 0. The summed E-state index contributed by atoms with van der Waals surface area (Å²) >= 11 is 0. The summed E-state index contributed by atoms with van der Waals surface area (Å²) < 4.78 is 0. The third kappa shape index (κ3) is 11.9. The van der Waals surface area contributed by atoms with E-state index in [4.69, 9.17) is 15.9 Å². The number of nitrogens with two attached hydrogens (primary N) is 1. The van der Waals surface area contributed by atoms with Gasteiger partial charge in [0.05, 0.1) is 0 Å². The Bertz CT molecular complexity index is 96.9. The largest absolute Gasteiger partial charge is 0.396 e. The van der Waals surface area contributed by atoms with Crippen LogP contribution < -0.4 is 5.73 Å². The molecule has 0 saturated carbocycles. The minimum absolute atomic E-state index is 0.319. The van der Waals surface area contributed by atoms with Crippen LogP contribution in [0.4, 0.5) is 0 Å². The lowest BCUT2D eigenvalue weighted by Crippen LogP contribution is -2.17. The van der Waals surface area contributed by atoms with Gasteiger partial charge in [0.15, 0.2) is 0 Å². The Morgan fingerprint density at radius 1 is 0.846 bits per heavy atom. The quantitative estimate of drug-likeness (QED) is 0.379. The van der Waals surface area contributed by atoms with Gasteiger partial charge in [0, 0.05) is 6.61 Å². The highest BCUT2D eigenvalue weighted by Gasteiger charge is 1.95. The molecule has 0 aromatic rings. The molecule has 4 N–H and O–H groups in total. The molecule has 0 bridgehead atoms. The summed E-state index contributed by atoms with van der Waals surface area (Å²) in [5, 5.41) is 17.3. The first-order chi connectivity index (χ1) is 6.27. The summed E-state index contributed by atoms with van der Waals surface area (Å²) in [6.45, 7) is 0.319. The number of hydrogen-bond acceptors (Lipinski definition) is 3. The number of rotatable bonds is 9. The van der Waals surface area contributed by atoms with Crippen molar-refractivity contribution in [2.24, 2.45) is 5.73 Å². The lowest BCUT2D eigenvalue weighted by atomic mass is 10.1. The maximum atomic E-state index is 8.78. The van der Waals surface area contributed by atoms with Gasteiger partial charge < -0.3 is 15.9 Å². The van der Waals surface area contributed by atoms with E-state index in [9.17, 15) is 0 Å². The summed E-state index contributed by atoms with van der Waals surface area (Å²) in [5.74, 6) is 0. The second-order valence-corrected chi connectivity index (χ2v) is 3.55. The van der Waals surface area contributed by atoms with E-state index in [0.29, 0.717) is 6.61 Å². The maximum absolute atomic E-state index is 8.78. The van der Waals surface area contributed by atoms with E-state index >= 15 is 0 Å². The third-order valence-corrected chi connectivity index (χ3v) is 2.16. The highest BCUT2D eigenvalue weighted by atomic mass is 16.3. The van der Waals surface area contributed by atoms with Crippen LogP contribution in [0.1, 0.15) is 51.4 Å². The van der Waals surface area contributed by atoms with Crippen molar-refractivity contribution >= 4 is 0 Å². The minimum Gasteiger partial charge on any atom is -0.396 e. The first-order valence-electron chi connectivity index (χ1n) is 5.32. The second-order valence-electron chi connectivity index (χ2n) is 3.55. The molecule has 3 nitrogen and oxygen atoms in total. The van der Waals surface area contributed by atoms with E-state index in [1.54, 1.807) is 0 Å². The lowest BCUT2D eigenvalue weighted by Gasteiger charge is -2.03. The average molecular weight is 189 g/mol. The molecule has 0 amide bonds. The van der Waals surface area contributed by atoms with Crippen molar-refractivity contribution in [3.8, 4) is 0 Å². The molecule has 0 fully saturated rings. The highest BCUT2D eigenvalue weighted by molar-refractivity contribution is 4.49. The van der Waals surface area contributed by atoms with Gasteiger partial charge in [0.1, 0.15) is 6.23 Å². The molecule has 0 aromatic heterocycles. The molecular formula is C10H23NO2. The SMILES string of the molecule is NC(O)CCCCCCCCCO. The Kier molecular flexibility index (Phi) is 9.87. The van der Waals surface area contributed by atoms with E-state index in [-0.39, 0.29) is 0 Å². The molecule has 13 heavy (non-hydrogen) atoms. The standard InChI is InChI=1S/C10H23NO2/c11-10(13)8-6-4-2-1-3-5-7-9-12/h10,12-13H,1-9,11H2. The van der Waals surface area contributed by atoms with Gasteiger partial charge in [0.25, 0.3) is 0 Å². The monoisotopic (exact) mass is 189 g/mol. The molecule has 80 valence electrons.